The van der Waals surface area contributed by atoms with E-state index in [9.17, 15) is 0 Å². The summed E-state index contributed by atoms with van der Waals surface area (Å²) < 4.78 is 0. The van der Waals surface area contributed by atoms with Gasteiger partial charge in [-0.15, -0.1) is 11.3 Å². The molecule has 0 aromatic carbocycles. The molecule has 3 nitrogen and oxygen atoms in total. The fraction of sp³-hybridized carbons (Fsp3) is 0.810. The van der Waals surface area contributed by atoms with Crippen LogP contribution < -0.4 is 0 Å². The van der Waals surface area contributed by atoms with Crippen LogP contribution in [0.25, 0.3) is 0 Å². The molecule has 0 N–H and O–H groups in total. The van der Waals surface area contributed by atoms with Crippen molar-refractivity contribution in [3.05, 3.63) is 21.9 Å². The first-order valence-corrected chi connectivity index (χ1v) is 11.5. The number of piperidine rings is 2. The van der Waals surface area contributed by atoms with Crippen LogP contribution in [-0.2, 0) is 13.1 Å². The highest BCUT2D eigenvalue weighted by atomic mass is 32.1. The second-order valence-electron chi connectivity index (χ2n) is 8.51. The molecule has 3 saturated heterocycles. The average Bonchev–Trinajstić information content (AvgIpc) is 3.29. The summed E-state index contributed by atoms with van der Waals surface area (Å²) in [6, 6.07) is 2.48. The Morgan fingerprint density at radius 2 is 1.52 bits per heavy atom. The summed E-state index contributed by atoms with van der Waals surface area (Å²) in [4.78, 5) is 9.65. The molecule has 0 radical (unpaired) electrons. The standard InChI is InChI=1S/C21H35N3S/c1-2-8-22(9-3-1)14-19-7-6-12-24(15-19)17-21-13-20(18-25-21)16-23-10-4-5-11-23/h13,18-19H,1-12,14-17H2/t19-/m1/s1. The highest BCUT2D eigenvalue weighted by Gasteiger charge is 2.23. The van der Waals surface area contributed by atoms with Gasteiger partial charge in [-0.1, -0.05) is 6.42 Å². The Morgan fingerprint density at radius 1 is 0.800 bits per heavy atom. The van der Waals surface area contributed by atoms with E-state index in [4.69, 9.17) is 0 Å². The van der Waals surface area contributed by atoms with Crippen LogP contribution in [0.4, 0.5) is 0 Å². The molecular weight excluding hydrogens is 326 g/mol. The molecule has 0 aliphatic carbocycles. The first kappa shape index (κ1) is 18.0. The zero-order chi connectivity index (χ0) is 16.9. The maximum atomic E-state index is 2.73. The van der Waals surface area contributed by atoms with E-state index in [0.717, 1.165) is 5.92 Å². The minimum atomic E-state index is 0.899. The van der Waals surface area contributed by atoms with Gasteiger partial charge in [-0.05, 0) is 94.2 Å². The van der Waals surface area contributed by atoms with Crippen LogP contribution in [0, 0.1) is 5.92 Å². The van der Waals surface area contributed by atoms with Gasteiger partial charge in [0.25, 0.3) is 0 Å². The molecule has 0 saturated carbocycles. The Hall–Kier alpha value is -0.420. The molecule has 4 heteroatoms. The van der Waals surface area contributed by atoms with E-state index in [-0.39, 0.29) is 0 Å². The average molecular weight is 362 g/mol. The van der Waals surface area contributed by atoms with Crippen molar-refractivity contribution in [1.82, 2.24) is 14.7 Å². The van der Waals surface area contributed by atoms with Crippen LogP contribution >= 0.6 is 11.3 Å². The van der Waals surface area contributed by atoms with Gasteiger partial charge in [-0.25, -0.2) is 0 Å². The monoisotopic (exact) mass is 361 g/mol. The summed E-state index contributed by atoms with van der Waals surface area (Å²) in [7, 11) is 0. The maximum Gasteiger partial charge on any atom is 0.0328 e. The number of hydrogen-bond donors (Lipinski definition) is 0. The molecule has 3 aliphatic heterocycles. The highest BCUT2D eigenvalue weighted by molar-refractivity contribution is 7.10. The Labute approximate surface area is 158 Å². The number of hydrogen-bond acceptors (Lipinski definition) is 4. The van der Waals surface area contributed by atoms with Crippen molar-refractivity contribution in [2.45, 2.75) is 58.0 Å². The predicted octanol–water partition coefficient (Wildman–Crippen LogP) is 4.04. The fourth-order valence-corrected chi connectivity index (χ4v) is 5.88. The molecule has 4 heterocycles. The molecule has 0 bridgehead atoms. The van der Waals surface area contributed by atoms with Crippen molar-refractivity contribution in [3.63, 3.8) is 0 Å². The molecule has 1 aromatic heterocycles. The van der Waals surface area contributed by atoms with E-state index >= 15 is 0 Å². The molecule has 3 aliphatic rings. The largest absolute Gasteiger partial charge is 0.303 e. The van der Waals surface area contributed by atoms with Crippen molar-refractivity contribution in [2.75, 3.05) is 45.8 Å². The molecule has 25 heavy (non-hydrogen) atoms. The lowest BCUT2D eigenvalue weighted by Crippen LogP contribution is -2.42. The summed E-state index contributed by atoms with van der Waals surface area (Å²) in [6.45, 7) is 11.6. The van der Waals surface area contributed by atoms with Crippen molar-refractivity contribution < 1.29 is 0 Å². The van der Waals surface area contributed by atoms with Crippen molar-refractivity contribution in [2.24, 2.45) is 5.92 Å². The van der Waals surface area contributed by atoms with Crippen LogP contribution in [0.1, 0.15) is 55.4 Å². The normalized spacial score (nSPS) is 27.1. The lowest BCUT2D eigenvalue weighted by molar-refractivity contribution is 0.118. The second-order valence-corrected chi connectivity index (χ2v) is 9.50. The quantitative estimate of drug-likeness (QED) is 0.757. The lowest BCUT2D eigenvalue weighted by atomic mass is 9.96. The molecule has 3 fully saturated rings. The summed E-state index contributed by atoms with van der Waals surface area (Å²) in [6.07, 6.45) is 9.91. The summed E-state index contributed by atoms with van der Waals surface area (Å²) >= 11 is 1.98. The summed E-state index contributed by atoms with van der Waals surface area (Å²) in [5.74, 6) is 0.899. The number of likely N-dealkylation sites (tertiary alicyclic amines) is 3. The van der Waals surface area contributed by atoms with Crippen molar-refractivity contribution in [1.29, 1.82) is 0 Å². The zero-order valence-electron chi connectivity index (χ0n) is 15.8. The van der Waals surface area contributed by atoms with Crippen molar-refractivity contribution >= 4 is 11.3 Å². The molecule has 1 aromatic rings. The van der Waals surface area contributed by atoms with Crippen LogP contribution in [0.15, 0.2) is 11.4 Å². The third-order valence-electron chi connectivity index (χ3n) is 6.26. The van der Waals surface area contributed by atoms with Gasteiger partial charge in [-0.2, -0.15) is 0 Å². The van der Waals surface area contributed by atoms with E-state index in [1.807, 2.05) is 11.3 Å². The second kappa shape index (κ2) is 8.98. The number of thiophene rings is 1. The topological polar surface area (TPSA) is 9.72 Å². The van der Waals surface area contributed by atoms with E-state index in [1.165, 1.54) is 104 Å². The molecule has 0 spiro atoms. The SMILES string of the molecule is c1sc(CN2CCC[C@H](CN3CCCCC3)C2)cc1CN1CCCC1. The molecule has 140 valence electrons. The van der Waals surface area contributed by atoms with Crippen LogP contribution in [0.3, 0.4) is 0 Å². The minimum absolute atomic E-state index is 0.899. The van der Waals surface area contributed by atoms with Crippen molar-refractivity contribution in [3.8, 4) is 0 Å². The summed E-state index contributed by atoms with van der Waals surface area (Å²) in [5.41, 5.74) is 1.55. The van der Waals surface area contributed by atoms with Crippen LogP contribution in [0.5, 0.6) is 0 Å². The van der Waals surface area contributed by atoms with Gasteiger partial charge in [0.05, 0.1) is 0 Å². The maximum absolute atomic E-state index is 2.73. The fourth-order valence-electron chi connectivity index (χ4n) is 4.96. The van der Waals surface area contributed by atoms with Gasteiger partial charge in [0.2, 0.25) is 0 Å². The zero-order valence-corrected chi connectivity index (χ0v) is 16.6. The van der Waals surface area contributed by atoms with E-state index < -0.39 is 0 Å². The minimum Gasteiger partial charge on any atom is -0.303 e. The van der Waals surface area contributed by atoms with Gasteiger partial charge in [-0.3, -0.25) is 9.80 Å². The number of nitrogens with zero attached hydrogens (tertiary/aromatic N) is 3. The van der Waals surface area contributed by atoms with Gasteiger partial charge in [0, 0.05) is 31.1 Å². The molecule has 4 rings (SSSR count). The highest BCUT2D eigenvalue weighted by Crippen LogP contribution is 2.24. The Kier molecular flexibility index (Phi) is 6.46. The first-order valence-electron chi connectivity index (χ1n) is 10.6. The van der Waals surface area contributed by atoms with Gasteiger partial charge in [0.1, 0.15) is 0 Å². The Balaban J connectivity index is 1.24. The Morgan fingerprint density at radius 3 is 2.36 bits per heavy atom. The van der Waals surface area contributed by atoms with E-state index in [1.54, 1.807) is 10.4 Å². The third kappa shape index (κ3) is 5.29. The van der Waals surface area contributed by atoms with Gasteiger partial charge in [0.15, 0.2) is 0 Å². The van der Waals surface area contributed by atoms with Gasteiger partial charge >= 0.3 is 0 Å². The van der Waals surface area contributed by atoms with Crippen LogP contribution in [0.2, 0.25) is 0 Å². The first-order chi connectivity index (χ1) is 12.3. The third-order valence-corrected chi connectivity index (χ3v) is 7.23. The van der Waals surface area contributed by atoms with Gasteiger partial charge < -0.3 is 4.90 Å². The molecule has 1 atom stereocenters. The smallest absolute Gasteiger partial charge is 0.0328 e. The van der Waals surface area contributed by atoms with E-state index in [2.05, 4.69) is 26.1 Å². The predicted molar refractivity (Wildman–Crippen MR) is 107 cm³/mol. The lowest BCUT2D eigenvalue weighted by Gasteiger charge is -2.36. The molecular formula is C21H35N3S. The van der Waals surface area contributed by atoms with Crippen LogP contribution in [-0.4, -0.2) is 60.5 Å². The molecule has 0 amide bonds. The number of rotatable bonds is 6. The Bertz CT molecular complexity index is 517. The molecule has 0 unspecified atom stereocenters. The summed E-state index contributed by atoms with van der Waals surface area (Å²) in [5, 5.41) is 2.41. The van der Waals surface area contributed by atoms with E-state index in [0.29, 0.717) is 0 Å².